The zero-order valence-electron chi connectivity index (χ0n) is 24.2. The Bertz CT molecular complexity index is 1500. The molecule has 1 saturated heterocycles. The van der Waals surface area contributed by atoms with Gasteiger partial charge in [0.05, 0.1) is 18.3 Å². The first-order valence-electron chi connectivity index (χ1n) is 14.7. The van der Waals surface area contributed by atoms with E-state index in [9.17, 15) is 14.4 Å². The molecule has 8 heteroatoms. The summed E-state index contributed by atoms with van der Waals surface area (Å²) in [5.41, 5.74) is 3.82. The van der Waals surface area contributed by atoms with Crippen molar-refractivity contribution in [3.05, 3.63) is 90.3 Å². The van der Waals surface area contributed by atoms with Crippen LogP contribution >= 0.6 is 0 Å². The van der Waals surface area contributed by atoms with Gasteiger partial charge in [-0.2, -0.15) is 0 Å². The molecule has 0 bridgehead atoms. The molecule has 0 spiro atoms. The molecule has 2 amide bonds. The number of para-hydroxylation sites is 1. The van der Waals surface area contributed by atoms with Crippen LogP contribution in [0.1, 0.15) is 49.2 Å². The molecule has 42 heavy (non-hydrogen) atoms. The first-order chi connectivity index (χ1) is 20.4. The maximum atomic E-state index is 13.4. The van der Waals surface area contributed by atoms with Crippen molar-refractivity contribution >= 4 is 28.6 Å². The number of benzene rings is 2. The number of carbonyl (C=O) groups excluding carboxylic acids is 3. The van der Waals surface area contributed by atoms with Crippen LogP contribution in [0.25, 0.3) is 22.2 Å². The average Bonchev–Trinajstić information content (AvgIpc) is 3.36. The molecule has 0 aliphatic carbocycles. The van der Waals surface area contributed by atoms with Crippen LogP contribution in [-0.4, -0.2) is 59.2 Å². The number of carbonyl (C=O) groups is 3. The molecule has 1 aliphatic rings. The number of hydrogen-bond donors (Lipinski definition) is 2. The third-order valence-corrected chi connectivity index (χ3v) is 7.63. The summed E-state index contributed by atoms with van der Waals surface area (Å²) in [5, 5.41) is 6.61. The van der Waals surface area contributed by atoms with Crippen molar-refractivity contribution in [2.75, 3.05) is 19.6 Å². The third kappa shape index (κ3) is 7.50. The van der Waals surface area contributed by atoms with Crippen LogP contribution in [0.5, 0.6) is 0 Å². The first kappa shape index (κ1) is 29.2. The summed E-state index contributed by atoms with van der Waals surface area (Å²) in [5.74, 6) is -0.475. The van der Waals surface area contributed by atoms with Crippen LogP contribution in [0.15, 0.2) is 83.4 Å². The van der Waals surface area contributed by atoms with Gasteiger partial charge in [-0.25, -0.2) is 0 Å². The smallest absolute Gasteiger partial charge is 0.287 e. The summed E-state index contributed by atoms with van der Waals surface area (Å²) in [6.45, 7) is 5.81. The molecule has 0 saturated carbocycles. The van der Waals surface area contributed by atoms with Crippen molar-refractivity contribution in [3.63, 3.8) is 0 Å². The van der Waals surface area contributed by atoms with Gasteiger partial charge in [-0.05, 0) is 74.0 Å². The summed E-state index contributed by atoms with van der Waals surface area (Å²) in [6.07, 6.45) is 4.42. The second-order valence-corrected chi connectivity index (χ2v) is 11.4. The van der Waals surface area contributed by atoms with Gasteiger partial charge in [0, 0.05) is 23.7 Å². The maximum absolute atomic E-state index is 13.4. The van der Waals surface area contributed by atoms with E-state index in [1.807, 2.05) is 56.3 Å². The Morgan fingerprint density at radius 2 is 1.88 bits per heavy atom. The van der Waals surface area contributed by atoms with Gasteiger partial charge in [-0.1, -0.05) is 56.3 Å². The minimum absolute atomic E-state index is 0.00464. The Labute approximate surface area is 246 Å². The Morgan fingerprint density at radius 3 is 2.67 bits per heavy atom. The quantitative estimate of drug-likeness (QED) is 0.279. The van der Waals surface area contributed by atoms with Gasteiger partial charge in [-0.3, -0.25) is 24.3 Å². The lowest BCUT2D eigenvalue weighted by molar-refractivity contribution is -0.129. The van der Waals surface area contributed by atoms with E-state index in [2.05, 4.69) is 38.7 Å². The standard InChI is InChI=1S/C34H38N4O4/c1-23(2)19-29(37-34(41)32-21-26-10-3-4-14-31(26)42-32)33(40)36-28-13-8-17-38(22-30(28)39)18-15-24-9-7-11-25(20-24)27-12-5-6-16-35-27/h3-7,9-12,14,16,20-21,23,28-29H,8,13,15,17-19,22H2,1-2H3,(H,36,40)(H,37,41)/t28-,29?/m0/s1. The molecule has 2 aromatic heterocycles. The number of amides is 2. The van der Waals surface area contributed by atoms with Crippen LogP contribution in [0.2, 0.25) is 0 Å². The molecular weight excluding hydrogens is 528 g/mol. The molecule has 0 radical (unpaired) electrons. The lowest BCUT2D eigenvalue weighted by atomic mass is 10.0. The largest absolute Gasteiger partial charge is 0.451 e. The highest BCUT2D eigenvalue weighted by molar-refractivity contribution is 5.99. The number of likely N-dealkylation sites (tertiary alicyclic amines) is 1. The van der Waals surface area contributed by atoms with Crippen molar-refractivity contribution in [1.29, 1.82) is 0 Å². The van der Waals surface area contributed by atoms with E-state index in [4.69, 9.17) is 4.42 Å². The number of ketones is 1. The Balaban J connectivity index is 1.17. The molecule has 5 rings (SSSR count). The number of rotatable bonds is 10. The van der Waals surface area contributed by atoms with Crippen molar-refractivity contribution in [1.82, 2.24) is 20.5 Å². The molecule has 2 atom stereocenters. The zero-order valence-corrected chi connectivity index (χ0v) is 24.2. The van der Waals surface area contributed by atoms with E-state index in [0.29, 0.717) is 18.4 Å². The molecule has 1 fully saturated rings. The summed E-state index contributed by atoms with van der Waals surface area (Å²) in [4.78, 5) is 46.2. The Morgan fingerprint density at radius 1 is 1.05 bits per heavy atom. The monoisotopic (exact) mass is 566 g/mol. The minimum atomic E-state index is -0.774. The number of hydrogen-bond acceptors (Lipinski definition) is 6. The normalized spacial score (nSPS) is 16.7. The maximum Gasteiger partial charge on any atom is 0.287 e. The summed E-state index contributed by atoms with van der Waals surface area (Å²) in [7, 11) is 0. The van der Waals surface area contributed by atoms with Crippen molar-refractivity contribution in [2.24, 2.45) is 5.92 Å². The molecule has 218 valence electrons. The van der Waals surface area contributed by atoms with Gasteiger partial charge in [0.2, 0.25) is 5.91 Å². The van der Waals surface area contributed by atoms with E-state index in [1.165, 1.54) is 5.56 Å². The average molecular weight is 567 g/mol. The molecule has 3 heterocycles. The highest BCUT2D eigenvalue weighted by Gasteiger charge is 2.30. The number of Topliss-reactive ketones (excluding diaryl/α,β-unsaturated/α-hetero) is 1. The second kappa shape index (κ2) is 13.6. The lowest BCUT2D eigenvalue weighted by Crippen LogP contribution is -2.52. The molecular formula is C34H38N4O4. The van der Waals surface area contributed by atoms with Gasteiger partial charge in [0.1, 0.15) is 11.6 Å². The van der Waals surface area contributed by atoms with Gasteiger partial charge in [-0.15, -0.1) is 0 Å². The molecule has 2 aromatic carbocycles. The number of aromatic nitrogens is 1. The highest BCUT2D eigenvalue weighted by Crippen LogP contribution is 2.20. The SMILES string of the molecule is CC(C)CC(NC(=O)c1cc2ccccc2o1)C(=O)N[C@H]1CCCN(CCc2cccc(-c3ccccn3)c2)CC1=O. The van der Waals surface area contributed by atoms with Crippen molar-refractivity contribution in [3.8, 4) is 11.3 Å². The van der Waals surface area contributed by atoms with Crippen LogP contribution in [0.3, 0.4) is 0 Å². The third-order valence-electron chi connectivity index (χ3n) is 7.63. The summed E-state index contributed by atoms with van der Waals surface area (Å²) in [6, 6.07) is 21.9. The van der Waals surface area contributed by atoms with Crippen molar-refractivity contribution < 1.29 is 18.8 Å². The van der Waals surface area contributed by atoms with E-state index < -0.39 is 18.0 Å². The number of nitrogens with one attached hydrogen (secondary N) is 2. The number of nitrogens with zero attached hydrogens (tertiary/aromatic N) is 2. The van der Waals surface area contributed by atoms with Crippen LogP contribution in [0.4, 0.5) is 0 Å². The van der Waals surface area contributed by atoms with Gasteiger partial charge < -0.3 is 15.1 Å². The fraction of sp³-hybridized carbons (Fsp3) is 0.353. The van der Waals surface area contributed by atoms with Crippen LogP contribution in [-0.2, 0) is 16.0 Å². The number of pyridine rings is 1. The molecule has 2 N–H and O–H groups in total. The second-order valence-electron chi connectivity index (χ2n) is 11.4. The predicted octanol–water partition coefficient (Wildman–Crippen LogP) is 5.03. The van der Waals surface area contributed by atoms with Crippen LogP contribution in [0, 0.1) is 5.92 Å². The molecule has 8 nitrogen and oxygen atoms in total. The fourth-order valence-electron chi connectivity index (χ4n) is 5.44. The fourth-order valence-corrected chi connectivity index (χ4v) is 5.44. The van der Waals surface area contributed by atoms with Crippen LogP contribution < -0.4 is 10.6 Å². The van der Waals surface area contributed by atoms with Gasteiger partial charge in [0.15, 0.2) is 11.5 Å². The van der Waals surface area contributed by atoms with E-state index in [1.54, 1.807) is 18.3 Å². The van der Waals surface area contributed by atoms with E-state index in [0.717, 1.165) is 42.6 Å². The first-order valence-corrected chi connectivity index (χ1v) is 14.7. The molecule has 1 unspecified atom stereocenters. The Kier molecular flexibility index (Phi) is 9.44. The highest BCUT2D eigenvalue weighted by atomic mass is 16.3. The zero-order chi connectivity index (χ0) is 29.5. The summed E-state index contributed by atoms with van der Waals surface area (Å²) < 4.78 is 5.69. The van der Waals surface area contributed by atoms with E-state index in [-0.39, 0.29) is 29.9 Å². The number of furan rings is 1. The number of fused-ring (bicyclic) bond motifs is 1. The van der Waals surface area contributed by atoms with Gasteiger partial charge in [0.25, 0.3) is 5.91 Å². The molecule has 4 aromatic rings. The van der Waals surface area contributed by atoms with E-state index >= 15 is 0 Å². The van der Waals surface area contributed by atoms with Gasteiger partial charge >= 0.3 is 0 Å². The Hall–Kier alpha value is -4.30. The minimum Gasteiger partial charge on any atom is -0.451 e. The lowest BCUT2D eigenvalue weighted by Gasteiger charge is -2.23. The van der Waals surface area contributed by atoms with Crippen molar-refractivity contribution in [2.45, 2.75) is 51.6 Å². The predicted molar refractivity (Wildman–Crippen MR) is 163 cm³/mol. The molecule has 1 aliphatic heterocycles. The topological polar surface area (TPSA) is 105 Å². The summed E-state index contributed by atoms with van der Waals surface area (Å²) >= 11 is 0.